The van der Waals surface area contributed by atoms with Gasteiger partial charge in [0.25, 0.3) is 0 Å². The van der Waals surface area contributed by atoms with Gasteiger partial charge >= 0.3 is 0 Å². The van der Waals surface area contributed by atoms with Crippen molar-refractivity contribution in [1.82, 2.24) is 10.2 Å². The summed E-state index contributed by atoms with van der Waals surface area (Å²) in [6.45, 7) is 3.51. The third kappa shape index (κ3) is 6.49. The van der Waals surface area contributed by atoms with Crippen LogP contribution in [0.25, 0.3) is 0 Å². The standard InChI is InChI=1S/C21H32N4O3/c1-22-21(23-15-20(26)24-17-7-3-2-4-8-17)25-12-10-18(11-13-25)28-16-19-9-5-6-14-27-19/h2-4,7-8,18-19H,5-6,9-16H2,1H3,(H,22,23)(H,24,26). The first-order valence-electron chi connectivity index (χ1n) is 10.3. The lowest BCUT2D eigenvalue weighted by Gasteiger charge is -2.35. The van der Waals surface area contributed by atoms with Crippen molar-refractivity contribution in [3.05, 3.63) is 30.3 Å². The number of carbonyl (C=O) groups excluding carboxylic acids is 1. The van der Waals surface area contributed by atoms with Crippen LogP contribution >= 0.6 is 0 Å². The molecule has 2 heterocycles. The van der Waals surface area contributed by atoms with E-state index in [4.69, 9.17) is 9.47 Å². The second-order valence-corrected chi connectivity index (χ2v) is 7.32. The van der Waals surface area contributed by atoms with Crippen LogP contribution in [0.1, 0.15) is 32.1 Å². The number of carbonyl (C=O) groups is 1. The van der Waals surface area contributed by atoms with Crippen LogP contribution in [0.5, 0.6) is 0 Å². The van der Waals surface area contributed by atoms with Crippen molar-refractivity contribution in [2.75, 3.05) is 45.2 Å². The van der Waals surface area contributed by atoms with Gasteiger partial charge < -0.3 is 25.0 Å². The first-order chi connectivity index (χ1) is 13.7. The molecule has 2 saturated heterocycles. The molecule has 0 aliphatic carbocycles. The van der Waals surface area contributed by atoms with Gasteiger partial charge in [-0.1, -0.05) is 18.2 Å². The summed E-state index contributed by atoms with van der Waals surface area (Å²) in [5.41, 5.74) is 0.796. The van der Waals surface area contributed by atoms with E-state index in [0.29, 0.717) is 6.61 Å². The van der Waals surface area contributed by atoms with Crippen LogP contribution in [-0.2, 0) is 14.3 Å². The van der Waals surface area contributed by atoms with Gasteiger partial charge in [-0.05, 0) is 44.2 Å². The first kappa shape index (κ1) is 20.6. The number of para-hydroxylation sites is 1. The molecule has 2 N–H and O–H groups in total. The van der Waals surface area contributed by atoms with E-state index in [9.17, 15) is 4.79 Å². The predicted molar refractivity (Wildman–Crippen MR) is 111 cm³/mol. The van der Waals surface area contributed by atoms with E-state index in [-0.39, 0.29) is 24.7 Å². The maximum atomic E-state index is 12.1. The number of nitrogens with zero attached hydrogens (tertiary/aromatic N) is 2. The summed E-state index contributed by atoms with van der Waals surface area (Å²) in [5.74, 6) is 0.676. The third-order valence-corrected chi connectivity index (χ3v) is 5.21. The summed E-state index contributed by atoms with van der Waals surface area (Å²) in [4.78, 5) is 18.6. The Morgan fingerprint density at radius 3 is 2.68 bits per heavy atom. The zero-order chi connectivity index (χ0) is 19.6. The number of likely N-dealkylation sites (tertiary alicyclic amines) is 1. The Labute approximate surface area is 167 Å². The summed E-state index contributed by atoms with van der Waals surface area (Å²) < 4.78 is 11.8. The smallest absolute Gasteiger partial charge is 0.243 e. The summed E-state index contributed by atoms with van der Waals surface area (Å²) in [6, 6.07) is 9.46. The average Bonchev–Trinajstić information content (AvgIpc) is 2.75. The highest BCUT2D eigenvalue weighted by atomic mass is 16.5. The van der Waals surface area contributed by atoms with Gasteiger partial charge in [-0.15, -0.1) is 0 Å². The van der Waals surface area contributed by atoms with Crippen molar-refractivity contribution in [2.45, 2.75) is 44.3 Å². The summed E-state index contributed by atoms with van der Waals surface area (Å²) in [7, 11) is 1.75. The van der Waals surface area contributed by atoms with Gasteiger partial charge in [0.2, 0.25) is 5.91 Å². The van der Waals surface area contributed by atoms with E-state index in [0.717, 1.165) is 50.6 Å². The van der Waals surface area contributed by atoms with Crippen LogP contribution in [0.3, 0.4) is 0 Å². The number of nitrogens with one attached hydrogen (secondary N) is 2. The molecule has 0 bridgehead atoms. The second kappa shape index (κ2) is 11.0. The largest absolute Gasteiger partial charge is 0.376 e. The van der Waals surface area contributed by atoms with Crippen LogP contribution in [0.4, 0.5) is 5.69 Å². The van der Waals surface area contributed by atoms with Gasteiger partial charge in [-0.3, -0.25) is 9.79 Å². The van der Waals surface area contributed by atoms with Gasteiger partial charge in [0, 0.05) is 32.4 Å². The number of benzene rings is 1. The number of hydrogen-bond acceptors (Lipinski definition) is 4. The number of ether oxygens (including phenoxy) is 2. The maximum absolute atomic E-state index is 12.1. The molecule has 1 unspecified atom stereocenters. The van der Waals surface area contributed by atoms with E-state index in [1.54, 1.807) is 7.05 Å². The predicted octanol–water partition coefficient (Wildman–Crippen LogP) is 2.25. The lowest BCUT2D eigenvalue weighted by molar-refractivity contribution is -0.115. The fraction of sp³-hybridized carbons (Fsp3) is 0.619. The van der Waals surface area contributed by atoms with Crippen LogP contribution in [0.2, 0.25) is 0 Å². The summed E-state index contributed by atoms with van der Waals surface area (Å²) in [5, 5.41) is 6.03. The molecule has 7 heteroatoms. The molecule has 1 atom stereocenters. The van der Waals surface area contributed by atoms with Crippen molar-refractivity contribution in [2.24, 2.45) is 4.99 Å². The number of piperidine rings is 1. The second-order valence-electron chi connectivity index (χ2n) is 7.32. The Morgan fingerprint density at radius 2 is 2.00 bits per heavy atom. The van der Waals surface area contributed by atoms with E-state index < -0.39 is 0 Å². The minimum atomic E-state index is -0.0851. The monoisotopic (exact) mass is 388 g/mol. The molecule has 2 aliphatic heterocycles. The van der Waals surface area contributed by atoms with Crippen molar-refractivity contribution < 1.29 is 14.3 Å². The van der Waals surface area contributed by atoms with Gasteiger partial charge in [-0.25, -0.2) is 0 Å². The number of amides is 1. The number of rotatable bonds is 6. The first-order valence-corrected chi connectivity index (χ1v) is 10.3. The zero-order valence-corrected chi connectivity index (χ0v) is 16.7. The quantitative estimate of drug-likeness (QED) is 0.578. The summed E-state index contributed by atoms with van der Waals surface area (Å²) in [6.07, 6.45) is 6.00. The van der Waals surface area contributed by atoms with E-state index in [2.05, 4.69) is 20.5 Å². The Hall–Kier alpha value is -2.12. The Balaban J connectivity index is 1.35. The van der Waals surface area contributed by atoms with E-state index >= 15 is 0 Å². The van der Waals surface area contributed by atoms with Gasteiger partial charge in [0.15, 0.2) is 5.96 Å². The van der Waals surface area contributed by atoms with Crippen LogP contribution < -0.4 is 10.6 Å². The molecule has 1 aromatic rings. The number of aliphatic imine (C=N–C) groups is 1. The van der Waals surface area contributed by atoms with Crippen molar-refractivity contribution >= 4 is 17.6 Å². The Kier molecular flexibility index (Phi) is 8.11. The lowest BCUT2D eigenvalue weighted by Crippen LogP contribution is -2.48. The fourth-order valence-electron chi connectivity index (χ4n) is 3.63. The molecular weight excluding hydrogens is 356 g/mol. The zero-order valence-electron chi connectivity index (χ0n) is 16.7. The Bertz CT molecular complexity index is 624. The Morgan fingerprint density at radius 1 is 1.21 bits per heavy atom. The van der Waals surface area contributed by atoms with Crippen molar-refractivity contribution in [3.63, 3.8) is 0 Å². The van der Waals surface area contributed by atoms with E-state index in [1.165, 1.54) is 12.8 Å². The third-order valence-electron chi connectivity index (χ3n) is 5.21. The SMILES string of the molecule is CN=C(NCC(=O)Nc1ccccc1)N1CCC(OCC2CCCCO2)CC1. The molecule has 0 saturated carbocycles. The van der Waals surface area contributed by atoms with E-state index in [1.807, 2.05) is 30.3 Å². The molecule has 154 valence electrons. The molecular formula is C21H32N4O3. The molecule has 1 amide bonds. The molecule has 0 aromatic heterocycles. The molecule has 3 rings (SSSR count). The van der Waals surface area contributed by atoms with Gasteiger partial charge in [-0.2, -0.15) is 0 Å². The molecule has 2 aliphatic rings. The van der Waals surface area contributed by atoms with Crippen LogP contribution in [-0.4, -0.2) is 68.9 Å². The summed E-state index contributed by atoms with van der Waals surface area (Å²) >= 11 is 0. The fourth-order valence-corrected chi connectivity index (χ4v) is 3.63. The maximum Gasteiger partial charge on any atom is 0.243 e. The van der Waals surface area contributed by atoms with Crippen molar-refractivity contribution in [3.8, 4) is 0 Å². The molecule has 2 fully saturated rings. The topological polar surface area (TPSA) is 75.2 Å². The highest BCUT2D eigenvalue weighted by molar-refractivity contribution is 5.94. The lowest BCUT2D eigenvalue weighted by atomic mass is 10.1. The van der Waals surface area contributed by atoms with Crippen LogP contribution in [0, 0.1) is 0 Å². The average molecular weight is 389 g/mol. The minimum absolute atomic E-state index is 0.0851. The number of guanidine groups is 1. The van der Waals surface area contributed by atoms with Gasteiger partial charge in [0.05, 0.1) is 25.4 Å². The van der Waals surface area contributed by atoms with Gasteiger partial charge in [0.1, 0.15) is 0 Å². The molecule has 0 spiro atoms. The highest BCUT2D eigenvalue weighted by Gasteiger charge is 2.24. The molecule has 0 radical (unpaired) electrons. The number of anilines is 1. The normalized spacial score (nSPS) is 21.4. The molecule has 1 aromatic carbocycles. The molecule has 28 heavy (non-hydrogen) atoms. The minimum Gasteiger partial charge on any atom is -0.376 e. The van der Waals surface area contributed by atoms with Crippen molar-refractivity contribution in [1.29, 1.82) is 0 Å². The number of hydrogen-bond donors (Lipinski definition) is 2. The highest BCUT2D eigenvalue weighted by Crippen LogP contribution is 2.18. The van der Waals surface area contributed by atoms with Crippen LogP contribution in [0.15, 0.2) is 35.3 Å². The molecule has 7 nitrogen and oxygen atoms in total.